The minimum absolute atomic E-state index is 0.0885. The van der Waals surface area contributed by atoms with Crippen LogP contribution in [0, 0.1) is 12.1 Å². The standard InChI is InChI=1S/C19H15N3O3/c1-11-6-16-17(22(25)10-20-16)9-15(11)21-19(24)14-7-12-4-2-3-5-13(12)8-18(14)23/h2-10,22-23H,1H3,(H,21,24). The normalized spacial score (nSPS) is 15.4. The number of nitrogens with zero attached hydrogens (tertiary/aromatic N) is 1. The molecule has 1 unspecified atom stereocenters. The molecule has 3 N–H and O–H groups in total. The summed E-state index contributed by atoms with van der Waals surface area (Å²) in [5, 5.41) is 26.3. The van der Waals surface area contributed by atoms with Gasteiger partial charge in [0.15, 0.2) is 12.0 Å². The summed E-state index contributed by atoms with van der Waals surface area (Å²) in [7, 11) is 0. The zero-order valence-electron chi connectivity index (χ0n) is 13.4. The van der Waals surface area contributed by atoms with Gasteiger partial charge in [-0.05, 0) is 41.5 Å². The molecular formula is C19H15N3O3. The Kier molecular flexibility index (Phi) is 3.49. The lowest BCUT2D eigenvalue weighted by atomic mass is 10.0. The van der Waals surface area contributed by atoms with Crippen molar-refractivity contribution in [2.75, 3.05) is 5.32 Å². The largest absolute Gasteiger partial charge is 0.623 e. The molecule has 0 spiro atoms. The van der Waals surface area contributed by atoms with Crippen LogP contribution >= 0.6 is 0 Å². The summed E-state index contributed by atoms with van der Waals surface area (Å²) in [5.41, 5.74) is 2.56. The van der Waals surface area contributed by atoms with E-state index in [1.807, 2.05) is 31.2 Å². The van der Waals surface area contributed by atoms with E-state index in [1.54, 1.807) is 24.3 Å². The molecule has 0 saturated carbocycles. The van der Waals surface area contributed by atoms with Crippen LogP contribution in [0.1, 0.15) is 15.9 Å². The van der Waals surface area contributed by atoms with Gasteiger partial charge in [-0.15, -0.1) is 0 Å². The summed E-state index contributed by atoms with van der Waals surface area (Å²) in [6, 6.07) is 14.1. The fourth-order valence-corrected chi connectivity index (χ4v) is 2.93. The number of carbonyl (C=O) groups is 1. The van der Waals surface area contributed by atoms with Gasteiger partial charge in [0, 0.05) is 6.07 Å². The molecule has 0 aromatic heterocycles. The quantitative estimate of drug-likeness (QED) is 0.630. The molecule has 1 amide bonds. The number of hydrogen-bond acceptors (Lipinski definition) is 4. The van der Waals surface area contributed by atoms with Crippen LogP contribution in [0.15, 0.2) is 53.5 Å². The smallest absolute Gasteiger partial charge is 0.259 e. The van der Waals surface area contributed by atoms with Gasteiger partial charge >= 0.3 is 0 Å². The summed E-state index contributed by atoms with van der Waals surface area (Å²) < 4.78 is 0. The minimum Gasteiger partial charge on any atom is -0.623 e. The first-order valence-electron chi connectivity index (χ1n) is 7.79. The highest BCUT2D eigenvalue weighted by atomic mass is 16.5. The number of amides is 1. The van der Waals surface area contributed by atoms with E-state index in [9.17, 15) is 15.1 Å². The van der Waals surface area contributed by atoms with Gasteiger partial charge in [0.1, 0.15) is 11.4 Å². The van der Waals surface area contributed by atoms with Crippen LogP contribution in [0.5, 0.6) is 5.75 Å². The van der Waals surface area contributed by atoms with Crippen molar-refractivity contribution in [1.82, 2.24) is 0 Å². The molecule has 0 radical (unpaired) electrons. The van der Waals surface area contributed by atoms with Gasteiger partial charge in [0.2, 0.25) is 0 Å². The molecule has 25 heavy (non-hydrogen) atoms. The van der Waals surface area contributed by atoms with E-state index < -0.39 is 5.91 Å². The second kappa shape index (κ2) is 5.70. The number of anilines is 1. The van der Waals surface area contributed by atoms with Crippen molar-refractivity contribution in [1.29, 1.82) is 0 Å². The van der Waals surface area contributed by atoms with E-state index in [4.69, 9.17) is 0 Å². The van der Waals surface area contributed by atoms with E-state index in [-0.39, 0.29) is 16.4 Å². The van der Waals surface area contributed by atoms with Gasteiger partial charge in [-0.3, -0.25) is 9.86 Å². The fourth-order valence-electron chi connectivity index (χ4n) is 2.93. The highest BCUT2D eigenvalue weighted by Crippen LogP contribution is 2.32. The fraction of sp³-hybridized carbons (Fsp3) is 0.0526. The number of carbonyl (C=O) groups excluding carboxylic acids is 1. The summed E-state index contributed by atoms with van der Waals surface area (Å²) in [5.74, 6) is -0.521. The summed E-state index contributed by atoms with van der Waals surface area (Å²) in [4.78, 5) is 16.7. The second-order valence-corrected chi connectivity index (χ2v) is 5.98. The predicted octanol–water partition coefficient (Wildman–Crippen LogP) is 2.79. The number of quaternary nitrogens is 1. The Morgan fingerprint density at radius 3 is 2.64 bits per heavy atom. The van der Waals surface area contributed by atoms with Gasteiger partial charge in [-0.1, -0.05) is 24.3 Å². The Bertz CT molecular complexity index is 1040. The molecule has 0 saturated heterocycles. The Morgan fingerprint density at radius 2 is 1.88 bits per heavy atom. The molecule has 1 atom stereocenters. The first kappa shape index (κ1) is 15.3. The molecular weight excluding hydrogens is 318 g/mol. The average molecular weight is 333 g/mol. The van der Waals surface area contributed by atoms with Crippen LogP contribution < -0.4 is 10.4 Å². The Labute approximate surface area is 143 Å². The first-order valence-corrected chi connectivity index (χ1v) is 7.79. The molecule has 3 aromatic carbocycles. The SMILES string of the molecule is Cc1cc2c(cc1NC(=O)c1cc3ccccc3cc1O)[NH+]([O-])C=N2. The Hall–Kier alpha value is -3.22. The van der Waals surface area contributed by atoms with Crippen LogP contribution in [-0.4, -0.2) is 17.4 Å². The molecule has 1 aliphatic rings. The van der Waals surface area contributed by atoms with Gasteiger partial charge < -0.3 is 15.6 Å². The Balaban J connectivity index is 1.69. The van der Waals surface area contributed by atoms with Gasteiger partial charge in [0.25, 0.3) is 5.91 Å². The molecule has 6 nitrogen and oxygen atoms in total. The molecule has 1 aliphatic heterocycles. The predicted molar refractivity (Wildman–Crippen MR) is 96.9 cm³/mol. The number of phenolic OH excluding ortho intramolecular Hbond substituents is 1. The number of aryl methyl sites for hydroxylation is 1. The number of rotatable bonds is 2. The van der Waals surface area contributed by atoms with Crippen LogP contribution in [0.2, 0.25) is 0 Å². The highest BCUT2D eigenvalue weighted by molar-refractivity contribution is 6.09. The number of phenols is 1. The molecule has 124 valence electrons. The summed E-state index contributed by atoms with van der Waals surface area (Å²) >= 11 is 0. The molecule has 0 fully saturated rings. The third-order valence-corrected chi connectivity index (χ3v) is 4.29. The monoisotopic (exact) mass is 333 g/mol. The number of nitrogens with one attached hydrogen (secondary N) is 2. The topological polar surface area (TPSA) is 89.2 Å². The number of hydroxylamine groups is 1. The lowest BCUT2D eigenvalue weighted by Gasteiger charge is -2.15. The van der Waals surface area contributed by atoms with E-state index in [2.05, 4.69) is 10.3 Å². The number of aliphatic imine (C=N–C) groups is 1. The molecule has 3 aromatic rings. The maximum atomic E-state index is 12.6. The lowest BCUT2D eigenvalue weighted by Crippen LogP contribution is -2.99. The highest BCUT2D eigenvalue weighted by Gasteiger charge is 2.19. The van der Waals surface area contributed by atoms with E-state index in [0.29, 0.717) is 17.1 Å². The molecule has 0 bridgehead atoms. The minimum atomic E-state index is -0.433. The summed E-state index contributed by atoms with van der Waals surface area (Å²) in [6.07, 6.45) is 1.27. The van der Waals surface area contributed by atoms with Gasteiger partial charge in [0.05, 0.1) is 11.3 Å². The number of benzene rings is 3. The van der Waals surface area contributed by atoms with Crippen LogP contribution in [0.4, 0.5) is 17.1 Å². The van der Waals surface area contributed by atoms with Crippen LogP contribution in [-0.2, 0) is 0 Å². The maximum absolute atomic E-state index is 12.6. The Morgan fingerprint density at radius 1 is 1.16 bits per heavy atom. The average Bonchev–Trinajstić information content (AvgIpc) is 2.94. The van der Waals surface area contributed by atoms with Crippen molar-refractivity contribution in [2.24, 2.45) is 4.99 Å². The number of aromatic hydroxyl groups is 1. The van der Waals surface area contributed by atoms with Crippen molar-refractivity contribution < 1.29 is 15.0 Å². The van der Waals surface area contributed by atoms with Crippen molar-refractivity contribution >= 4 is 40.1 Å². The van der Waals surface area contributed by atoms with Crippen LogP contribution in [0.3, 0.4) is 0 Å². The number of hydrogen-bond donors (Lipinski definition) is 3. The first-order chi connectivity index (χ1) is 12.0. The van der Waals surface area contributed by atoms with Crippen molar-refractivity contribution in [3.63, 3.8) is 0 Å². The zero-order chi connectivity index (χ0) is 17.6. The maximum Gasteiger partial charge on any atom is 0.259 e. The number of fused-ring (bicyclic) bond motifs is 2. The summed E-state index contributed by atoms with van der Waals surface area (Å²) in [6.45, 7) is 1.83. The van der Waals surface area contributed by atoms with E-state index in [1.165, 1.54) is 6.34 Å². The third-order valence-electron chi connectivity index (χ3n) is 4.29. The van der Waals surface area contributed by atoms with Gasteiger partial charge in [-0.25, -0.2) is 0 Å². The zero-order valence-corrected chi connectivity index (χ0v) is 13.4. The third kappa shape index (κ3) is 2.63. The molecule has 4 rings (SSSR count). The van der Waals surface area contributed by atoms with Crippen molar-refractivity contribution in [3.8, 4) is 5.75 Å². The van der Waals surface area contributed by atoms with Crippen molar-refractivity contribution in [3.05, 3.63) is 64.9 Å². The molecule has 1 heterocycles. The second-order valence-electron chi connectivity index (χ2n) is 5.98. The van der Waals surface area contributed by atoms with E-state index >= 15 is 0 Å². The van der Waals surface area contributed by atoms with Crippen molar-refractivity contribution in [2.45, 2.75) is 6.92 Å². The molecule has 0 aliphatic carbocycles. The lowest BCUT2D eigenvalue weighted by molar-refractivity contribution is -0.655. The van der Waals surface area contributed by atoms with E-state index in [0.717, 1.165) is 16.3 Å². The van der Waals surface area contributed by atoms with Crippen LogP contribution in [0.25, 0.3) is 10.8 Å². The van der Waals surface area contributed by atoms with Gasteiger partial charge in [-0.2, -0.15) is 4.99 Å². The molecule has 6 heteroatoms.